The Bertz CT molecular complexity index is 1430. The highest BCUT2D eigenvalue weighted by Gasteiger charge is 2.31. The van der Waals surface area contributed by atoms with Gasteiger partial charge in [-0.05, 0) is 37.3 Å². The number of halogens is 3. The zero-order valence-electron chi connectivity index (χ0n) is 16.9. The van der Waals surface area contributed by atoms with E-state index >= 15 is 0 Å². The number of nitrogens with zero attached hydrogens (tertiary/aromatic N) is 2. The number of alkyl halides is 3. The first-order valence-electron chi connectivity index (χ1n) is 9.52. The smallest absolute Gasteiger partial charge is 0.321 e. The second kappa shape index (κ2) is 8.51. The Hall–Kier alpha value is -3.99. The van der Waals surface area contributed by atoms with Gasteiger partial charge in [0.25, 0.3) is 17.4 Å². The van der Waals surface area contributed by atoms with Crippen molar-refractivity contribution in [1.82, 2.24) is 9.38 Å². The highest BCUT2D eigenvalue weighted by Crippen LogP contribution is 2.31. The molecule has 0 unspecified atom stereocenters. The average Bonchev–Trinajstić information content (AvgIpc) is 3.14. The van der Waals surface area contributed by atoms with Gasteiger partial charge in [-0.3, -0.25) is 14.4 Å². The van der Waals surface area contributed by atoms with Crippen molar-refractivity contribution in [1.29, 1.82) is 0 Å². The average molecular weight is 472 g/mol. The maximum Gasteiger partial charge on any atom is 0.416 e. The van der Waals surface area contributed by atoms with E-state index in [2.05, 4.69) is 15.6 Å². The number of anilines is 2. The number of rotatable bonds is 4. The molecule has 7 nitrogen and oxygen atoms in total. The fourth-order valence-corrected chi connectivity index (χ4v) is 4.19. The van der Waals surface area contributed by atoms with Crippen molar-refractivity contribution in [2.75, 3.05) is 10.6 Å². The van der Waals surface area contributed by atoms with Crippen LogP contribution in [0, 0.1) is 6.92 Å². The molecule has 0 spiro atoms. The lowest BCUT2D eigenvalue weighted by atomic mass is 10.2. The highest BCUT2D eigenvalue weighted by molar-refractivity contribution is 7.19. The number of aromatic nitrogens is 2. The molecule has 4 aromatic rings. The number of thiazole rings is 1. The third-order valence-electron chi connectivity index (χ3n) is 4.55. The van der Waals surface area contributed by atoms with Gasteiger partial charge in [0.15, 0.2) is 4.96 Å². The van der Waals surface area contributed by atoms with Crippen molar-refractivity contribution in [3.05, 3.63) is 92.8 Å². The molecular weight excluding hydrogens is 457 g/mol. The molecule has 0 fully saturated rings. The third-order valence-corrected chi connectivity index (χ3v) is 5.59. The van der Waals surface area contributed by atoms with Crippen molar-refractivity contribution in [3.63, 3.8) is 0 Å². The third kappa shape index (κ3) is 4.62. The number of nitrogens with one attached hydrogen (secondary N) is 2. The zero-order chi connectivity index (χ0) is 23.8. The Balaban J connectivity index is 1.78. The Morgan fingerprint density at radius 1 is 0.939 bits per heavy atom. The van der Waals surface area contributed by atoms with Gasteiger partial charge in [0.2, 0.25) is 0 Å². The van der Waals surface area contributed by atoms with Gasteiger partial charge in [-0.2, -0.15) is 13.2 Å². The lowest BCUT2D eigenvalue weighted by Gasteiger charge is -2.11. The Morgan fingerprint density at radius 2 is 1.61 bits per heavy atom. The molecule has 0 saturated carbocycles. The molecule has 0 saturated heterocycles. The van der Waals surface area contributed by atoms with Gasteiger partial charge in [-0.15, -0.1) is 0 Å². The van der Waals surface area contributed by atoms with Crippen LogP contribution in [0.1, 0.15) is 31.4 Å². The number of para-hydroxylation sites is 1. The first kappa shape index (κ1) is 22.2. The Morgan fingerprint density at radius 3 is 2.30 bits per heavy atom. The summed E-state index contributed by atoms with van der Waals surface area (Å²) >= 11 is 0.825. The van der Waals surface area contributed by atoms with E-state index in [9.17, 15) is 27.6 Å². The first-order chi connectivity index (χ1) is 15.6. The van der Waals surface area contributed by atoms with Crippen molar-refractivity contribution < 1.29 is 22.8 Å². The maximum absolute atomic E-state index is 13.1. The number of amides is 2. The van der Waals surface area contributed by atoms with Gasteiger partial charge in [-0.25, -0.2) is 9.38 Å². The molecule has 0 aliphatic heterocycles. The summed E-state index contributed by atoms with van der Waals surface area (Å²) in [5, 5.41) is 4.99. The van der Waals surface area contributed by atoms with Crippen LogP contribution < -0.4 is 16.2 Å². The van der Waals surface area contributed by atoms with E-state index in [1.54, 1.807) is 37.3 Å². The molecule has 0 bridgehead atoms. The van der Waals surface area contributed by atoms with Crippen LogP contribution >= 0.6 is 11.3 Å². The molecule has 33 heavy (non-hydrogen) atoms. The monoisotopic (exact) mass is 472 g/mol. The molecular formula is C22H15F3N4O3S. The van der Waals surface area contributed by atoms with Gasteiger partial charge < -0.3 is 10.6 Å². The summed E-state index contributed by atoms with van der Waals surface area (Å²) in [5.74, 6) is -1.59. The van der Waals surface area contributed by atoms with Crippen LogP contribution in [0.4, 0.5) is 24.5 Å². The molecule has 0 radical (unpaired) electrons. The normalized spacial score (nSPS) is 11.4. The standard InChI is InChI=1S/C22H15F3N4O3S/c1-12-10-16(30)29-17(19(31)28-15-9-5-6-13(11-15)22(23,24)25)18(33-21(29)26-12)20(32)27-14-7-3-2-4-8-14/h2-11H,1H3,(H,27,32)(H,28,31). The van der Waals surface area contributed by atoms with Gasteiger partial charge in [0.05, 0.1) is 5.56 Å². The van der Waals surface area contributed by atoms with Crippen molar-refractivity contribution in [2.45, 2.75) is 13.1 Å². The van der Waals surface area contributed by atoms with Crippen LogP contribution in [-0.2, 0) is 6.18 Å². The number of carbonyl (C=O) groups excluding carboxylic acids is 2. The van der Waals surface area contributed by atoms with Gasteiger partial charge >= 0.3 is 6.18 Å². The number of benzene rings is 2. The van der Waals surface area contributed by atoms with Crippen LogP contribution in [0.2, 0.25) is 0 Å². The molecule has 2 aromatic carbocycles. The van der Waals surface area contributed by atoms with Crippen molar-refractivity contribution >= 4 is 39.5 Å². The Labute approximate surface area is 188 Å². The maximum atomic E-state index is 13.1. The van der Waals surface area contributed by atoms with Crippen molar-refractivity contribution in [2.24, 2.45) is 0 Å². The molecule has 2 heterocycles. The minimum atomic E-state index is -4.60. The SMILES string of the molecule is Cc1cc(=O)n2c(C(=O)Nc3cccc(C(F)(F)F)c3)c(C(=O)Nc3ccccc3)sc2n1. The molecule has 2 N–H and O–H groups in total. The molecule has 4 rings (SSSR count). The molecule has 0 aliphatic rings. The van der Waals surface area contributed by atoms with Gasteiger partial charge in [-0.1, -0.05) is 35.6 Å². The summed E-state index contributed by atoms with van der Waals surface area (Å²) in [6.07, 6.45) is -4.60. The summed E-state index contributed by atoms with van der Waals surface area (Å²) in [6.45, 7) is 1.59. The number of hydrogen-bond donors (Lipinski definition) is 2. The van der Waals surface area contributed by atoms with E-state index in [0.29, 0.717) is 11.4 Å². The lowest BCUT2D eigenvalue weighted by Crippen LogP contribution is -2.25. The van der Waals surface area contributed by atoms with E-state index in [-0.39, 0.29) is 21.2 Å². The van der Waals surface area contributed by atoms with Crippen molar-refractivity contribution in [3.8, 4) is 0 Å². The molecule has 168 valence electrons. The first-order valence-corrected chi connectivity index (χ1v) is 10.3. The quantitative estimate of drug-likeness (QED) is 0.455. The second-order valence-electron chi connectivity index (χ2n) is 6.99. The summed E-state index contributed by atoms with van der Waals surface area (Å²) in [5.41, 5.74) is -1.16. The Kier molecular flexibility index (Phi) is 5.73. The lowest BCUT2D eigenvalue weighted by molar-refractivity contribution is -0.137. The largest absolute Gasteiger partial charge is 0.416 e. The highest BCUT2D eigenvalue weighted by atomic mass is 32.1. The van der Waals surface area contributed by atoms with E-state index in [1.165, 1.54) is 12.1 Å². The van der Waals surface area contributed by atoms with E-state index < -0.39 is 29.1 Å². The number of aryl methyl sites for hydroxylation is 1. The van der Waals surface area contributed by atoms with E-state index in [0.717, 1.165) is 33.9 Å². The molecule has 11 heteroatoms. The molecule has 0 aliphatic carbocycles. The summed E-state index contributed by atoms with van der Waals surface area (Å²) < 4.78 is 40.1. The second-order valence-corrected chi connectivity index (χ2v) is 7.96. The number of carbonyl (C=O) groups is 2. The van der Waals surface area contributed by atoms with Crippen LogP contribution in [-0.4, -0.2) is 21.2 Å². The fourth-order valence-electron chi connectivity index (χ4n) is 3.12. The van der Waals surface area contributed by atoms with Crippen LogP contribution in [0.15, 0.2) is 65.5 Å². The zero-order valence-corrected chi connectivity index (χ0v) is 17.8. The predicted molar refractivity (Wildman–Crippen MR) is 118 cm³/mol. The topological polar surface area (TPSA) is 92.6 Å². The van der Waals surface area contributed by atoms with Gasteiger partial charge in [0, 0.05) is 23.1 Å². The van der Waals surface area contributed by atoms with Crippen LogP contribution in [0.3, 0.4) is 0 Å². The summed E-state index contributed by atoms with van der Waals surface area (Å²) in [4.78, 5) is 42.9. The molecule has 0 atom stereocenters. The number of hydrogen-bond acceptors (Lipinski definition) is 5. The van der Waals surface area contributed by atoms with E-state index in [1.807, 2.05) is 0 Å². The minimum absolute atomic E-state index is 0.104. The fraction of sp³-hybridized carbons (Fsp3) is 0.0909. The predicted octanol–water partition coefficient (Wildman–Crippen LogP) is 4.59. The summed E-state index contributed by atoms with van der Waals surface area (Å²) in [7, 11) is 0. The van der Waals surface area contributed by atoms with Gasteiger partial charge in [0.1, 0.15) is 10.6 Å². The minimum Gasteiger partial charge on any atom is -0.321 e. The summed E-state index contributed by atoms with van der Waals surface area (Å²) in [6, 6.07) is 13.7. The van der Waals surface area contributed by atoms with Crippen LogP contribution in [0.5, 0.6) is 0 Å². The molecule has 2 amide bonds. The van der Waals surface area contributed by atoms with E-state index in [4.69, 9.17) is 0 Å². The molecule has 2 aromatic heterocycles. The number of fused-ring (bicyclic) bond motifs is 1. The van der Waals surface area contributed by atoms with Crippen LogP contribution in [0.25, 0.3) is 4.96 Å².